The van der Waals surface area contributed by atoms with Crippen LogP contribution in [0.25, 0.3) is 0 Å². The largest absolute Gasteiger partial charge is 0.493 e. The molecule has 0 aliphatic carbocycles. The Morgan fingerprint density at radius 1 is 1.15 bits per heavy atom. The minimum Gasteiger partial charge on any atom is -0.493 e. The van der Waals surface area contributed by atoms with Crippen molar-refractivity contribution < 1.29 is 9.47 Å². The van der Waals surface area contributed by atoms with Crippen LogP contribution >= 0.6 is 0 Å². The highest BCUT2D eigenvalue weighted by molar-refractivity contribution is 5.42. The molecule has 0 fully saturated rings. The van der Waals surface area contributed by atoms with Crippen LogP contribution in [0, 0.1) is 0 Å². The summed E-state index contributed by atoms with van der Waals surface area (Å²) in [6.07, 6.45) is 0.861. The molecular formula is C10H15NO2. The number of rotatable bonds is 4. The van der Waals surface area contributed by atoms with Crippen LogP contribution < -0.4 is 15.2 Å². The average molecular weight is 185 g/mol. The SMILES string of the molecule is [14CH3]Oc1ccc(CCN)cc1O[14CH3]. The molecule has 0 radical (unpaired) electrons. The van der Waals surface area contributed by atoms with E-state index in [4.69, 9.17) is 15.2 Å². The standard InChI is InChI=1S/C10H15NO2/c1-12-9-4-3-8(5-6-11)7-10(9)13-2/h3-4,7H,5-6,11H2,1-2H3/i1+2,2+2. The average Bonchev–Trinajstić information content (AvgIpc) is 2.18. The number of hydrogen-bond acceptors (Lipinski definition) is 3. The predicted octanol–water partition coefficient (Wildman–Crippen LogP) is 1.21. The molecule has 2 N–H and O–H groups in total. The second-order valence-electron chi connectivity index (χ2n) is 2.73. The number of hydrogen-bond donors (Lipinski definition) is 1. The molecule has 1 aromatic carbocycles. The second kappa shape index (κ2) is 4.72. The second-order valence-corrected chi connectivity index (χ2v) is 2.73. The van der Waals surface area contributed by atoms with Gasteiger partial charge in [-0.15, -0.1) is 0 Å². The zero-order chi connectivity index (χ0) is 9.68. The molecule has 1 rings (SSSR count). The highest BCUT2D eigenvalue weighted by Crippen LogP contribution is 2.27. The molecule has 0 aliphatic rings. The molecule has 0 bridgehead atoms. The fraction of sp³-hybridized carbons (Fsp3) is 0.400. The molecule has 0 aromatic heterocycles. The molecule has 1 aromatic rings. The summed E-state index contributed by atoms with van der Waals surface area (Å²) in [6.45, 7) is 0.648. The topological polar surface area (TPSA) is 44.5 Å². The third kappa shape index (κ3) is 2.36. The maximum Gasteiger partial charge on any atom is 0.160 e. The van der Waals surface area contributed by atoms with E-state index in [0.717, 1.165) is 17.9 Å². The lowest BCUT2D eigenvalue weighted by molar-refractivity contribution is 0.354. The highest BCUT2D eigenvalue weighted by atomic mass is 16.7. The van der Waals surface area contributed by atoms with Gasteiger partial charge < -0.3 is 15.2 Å². The molecule has 0 saturated heterocycles. The van der Waals surface area contributed by atoms with Crippen LogP contribution in [0.3, 0.4) is 0 Å². The number of nitrogens with two attached hydrogens (primary N) is 1. The van der Waals surface area contributed by atoms with Crippen LogP contribution in [0.1, 0.15) is 5.56 Å². The van der Waals surface area contributed by atoms with Crippen LogP contribution in [0.5, 0.6) is 11.5 Å². The van der Waals surface area contributed by atoms with Gasteiger partial charge in [0.25, 0.3) is 0 Å². The minimum absolute atomic E-state index is 0.648. The lowest BCUT2D eigenvalue weighted by Crippen LogP contribution is -2.03. The van der Waals surface area contributed by atoms with Crippen molar-refractivity contribution in [2.24, 2.45) is 5.73 Å². The smallest absolute Gasteiger partial charge is 0.160 e. The van der Waals surface area contributed by atoms with E-state index < -0.39 is 0 Å². The van der Waals surface area contributed by atoms with Gasteiger partial charge in [-0.3, -0.25) is 0 Å². The Morgan fingerprint density at radius 3 is 2.38 bits per heavy atom. The van der Waals surface area contributed by atoms with E-state index in [0.29, 0.717) is 6.54 Å². The first-order valence-corrected chi connectivity index (χ1v) is 4.22. The van der Waals surface area contributed by atoms with Gasteiger partial charge in [0, 0.05) is 0 Å². The van der Waals surface area contributed by atoms with Gasteiger partial charge in [-0.05, 0) is 30.7 Å². The van der Waals surface area contributed by atoms with E-state index in [1.165, 1.54) is 5.56 Å². The Bertz CT molecular complexity index is 274. The highest BCUT2D eigenvalue weighted by Gasteiger charge is 2.03. The summed E-state index contributed by atoms with van der Waals surface area (Å²) in [7, 11) is 3.25. The first kappa shape index (κ1) is 9.86. The molecule has 0 aliphatic heterocycles. The molecule has 0 unspecified atom stereocenters. The fourth-order valence-corrected chi connectivity index (χ4v) is 1.20. The van der Waals surface area contributed by atoms with E-state index in [2.05, 4.69) is 0 Å². The predicted molar refractivity (Wildman–Crippen MR) is 52.3 cm³/mol. The Hall–Kier alpha value is -1.22. The van der Waals surface area contributed by atoms with Crippen molar-refractivity contribution in [3.05, 3.63) is 23.8 Å². The van der Waals surface area contributed by atoms with Crippen molar-refractivity contribution in [2.75, 3.05) is 20.8 Å². The van der Waals surface area contributed by atoms with Gasteiger partial charge in [-0.2, -0.15) is 0 Å². The van der Waals surface area contributed by atoms with Gasteiger partial charge in [0.2, 0.25) is 0 Å². The molecule has 0 saturated carbocycles. The van der Waals surface area contributed by atoms with Gasteiger partial charge in [0.1, 0.15) is 0 Å². The molecule has 3 heteroatoms. The van der Waals surface area contributed by atoms with Gasteiger partial charge in [-0.1, -0.05) is 6.07 Å². The van der Waals surface area contributed by atoms with Gasteiger partial charge in [0.05, 0.1) is 14.2 Å². The zero-order valence-corrected chi connectivity index (χ0v) is 8.04. The maximum atomic E-state index is 5.45. The monoisotopic (exact) mass is 185 g/mol. The molecule has 3 nitrogen and oxygen atoms in total. The molecule has 0 atom stereocenters. The van der Waals surface area contributed by atoms with Crippen molar-refractivity contribution in [1.82, 2.24) is 0 Å². The summed E-state index contributed by atoms with van der Waals surface area (Å²) in [5.41, 5.74) is 6.62. The molecule has 0 spiro atoms. The quantitative estimate of drug-likeness (QED) is 0.766. The molecule has 13 heavy (non-hydrogen) atoms. The van der Waals surface area contributed by atoms with Crippen molar-refractivity contribution in [1.29, 1.82) is 0 Å². The number of benzene rings is 1. The van der Waals surface area contributed by atoms with Crippen molar-refractivity contribution in [3.8, 4) is 11.5 Å². The summed E-state index contributed by atoms with van der Waals surface area (Å²) in [6, 6.07) is 5.84. The third-order valence-corrected chi connectivity index (χ3v) is 1.88. The lowest BCUT2D eigenvalue weighted by Gasteiger charge is -2.08. The Balaban J connectivity index is 2.91. The van der Waals surface area contributed by atoms with Crippen LogP contribution in [0.4, 0.5) is 0 Å². The molecule has 0 heterocycles. The van der Waals surface area contributed by atoms with E-state index in [-0.39, 0.29) is 0 Å². The summed E-state index contributed by atoms with van der Waals surface area (Å²) in [4.78, 5) is 0. The minimum atomic E-state index is 0.648. The van der Waals surface area contributed by atoms with Gasteiger partial charge >= 0.3 is 0 Å². The van der Waals surface area contributed by atoms with Crippen LogP contribution in [0.2, 0.25) is 0 Å². The molecule has 72 valence electrons. The number of ether oxygens (including phenoxy) is 2. The van der Waals surface area contributed by atoms with Crippen molar-refractivity contribution in [2.45, 2.75) is 6.42 Å². The van der Waals surface area contributed by atoms with Crippen LogP contribution in [0.15, 0.2) is 18.2 Å². The molecule has 0 amide bonds. The van der Waals surface area contributed by atoms with Crippen molar-refractivity contribution in [3.63, 3.8) is 0 Å². The lowest BCUT2D eigenvalue weighted by atomic mass is 10.1. The summed E-state index contributed by atoms with van der Waals surface area (Å²) >= 11 is 0. The van der Waals surface area contributed by atoms with E-state index in [1.807, 2.05) is 18.2 Å². The Kier molecular flexibility index (Phi) is 3.58. The van der Waals surface area contributed by atoms with Gasteiger partial charge in [0.15, 0.2) is 11.5 Å². The Morgan fingerprint density at radius 2 is 1.85 bits per heavy atom. The van der Waals surface area contributed by atoms with Gasteiger partial charge in [-0.25, -0.2) is 0 Å². The van der Waals surface area contributed by atoms with Crippen LogP contribution in [-0.2, 0) is 6.42 Å². The van der Waals surface area contributed by atoms with Crippen LogP contribution in [-0.4, -0.2) is 20.8 Å². The first-order chi connectivity index (χ1) is 6.31. The maximum absolute atomic E-state index is 5.45. The molecular weight excluding hydrogens is 170 g/mol. The Labute approximate surface area is 78.5 Å². The fourth-order valence-electron chi connectivity index (χ4n) is 1.20. The summed E-state index contributed by atoms with van der Waals surface area (Å²) < 4.78 is 10.3. The third-order valence-electron chi connectivity index (χ3n) is 1.88. The van der Waals surface area contributed by atoms with Crippen molar-refractivity contribution >= 4 is 0 Å². The first-order valence-electron chi connectivity index (χ1n) is 4.22. The summed E-state index contributed by atoms with van der Waals surface area (Å²) in [5.74, 6) is 1.51. The van der Waals surface area contributed by atoms with E-state index in [9.17, 15) is 0 Å². The van der Waals surface area contributed by atoms with E-state index >= 15 is 0 Å². The summed E-state index contributed by atoms with van der Waals surface area (Å²) in [5, 5.41) is 0. The zero-order valence-electron chi connectivity index (χ0n) is 8.04. The van der Waals surface area contributed by atoms with E-state index in [1.54, 1.807) is 14.2 Å². The normalized spacial score (nSPS) is 9.77. The number of methoxy groups -OCH3 is 2.